The first-order chi connectivity index (χ1) is 12.8. The number of aryl methyl sites for hydroxylation is 1. The second-order valence-electron chi connectivity index (χ2n) is 5.66. The minimum absolute atomic E-state index is 0.635. The molecule has 0 aliphatic rings. The lowest BCUT2D eigenvalue weighted by Gasteiger charge is -2.11. The predicted molar refractivity (Wildman–Crippen MR) is 105 cm³/mol. The number of hydrogen-bond acceptors (Lipinski definition) is 5. The second-order valence-corrected chi connectivity index (χ2v) is 6.51. The standard InChI is InChI=1S/C18H23N7S/c1-3-16-24-22-13-25(16)10-9-20-18(19-2)21-11-15-12-26-17(23-15)14-7-5-4-6-8-14/h4-8,12-13H,3,9-11H2,1-2H3,(H2,19,20,21). The van der Waals surface area contributed by atoms with Gasteiger partial charge in [-0.1, -0.05) is 37.3 Å². The van der Waals surface area contributed by atoms with Crippen LogP contribution in [0.3, 0.4) is 0 Å². The van der Waals surface area contributed by atoms with Gasteiger partial charge in [0.05, 0.1) is 12.2 Å². The van der Waals surface area contributed by atoms with Crippen LogP contribution in [0, 0.1) is 0 Å². The van der Waals surface area contributed by atoms with Gasteiger partial charge in [0.1, 0.15) is 17.2 Å². The first-order valence-electron chi connectivity index (χ1n) is 8.61. The van der Waals surface area contributed by atoms with Crippen LogP contribution < -0.4 is 10.6 Å². The molecule has 3 aromatic rings. The van der Waals surface area contributed by atoms with E-state index in [-0.39, 0.29) is 0 Å². The maximum Gasteiger partial charge on any atom is 0.191 e. The third-order valence-corrected chi connectivity index (χ3v) is 4.83. The van der Waals surface area contributed by atoms with Crippen molar-refractivity contribution in [1.82, 2.24) is 30.4 Å². The van der Waals surface area contributed by atoms with Crippen molar-refractivity contribution in [2.75, 3.05) is 13.6 Å². The van der Waals surface area contributed by atoms with E-state index in [0.29, 0.717) is 6.54 Å². The van der Waals surface area contributed by atoms with Gasteiger partial charge in [-0.15, -0.1) is 21.5 Å². The molecule has 2 aromatic heterocycles. The zero-order chi connectivity index (χ0) is 18.2. The number of benzene rings is 1. The van der Waals surface area contributed by atoms with Crippen LogP contribution >= 0.6 is 11.3 Å². The van der Waals surface area contributed by atoms with Crippen molar-refractivity contribution in [1.29, 1.82) is 0 Å². The molecule has 0 aliphatic carbocycles. The topological polar surface area (TPSA) is 80.0 Å². The van der Waals surface area contributed by atoms with Gasteiger partial charge in [-0.3, -0.25) is 4.99 Å². The highest BCUT2D eigenvalue weighted by Gasteiger charge is 2.06. The van der Waals surface area contributed by atoms with Crippen molar-refractivity contribution in [3.63, 3.8) is 0 Å². The van der Waals surface area contributed by atoms with E-state index >= 15 is 0 Å². The van der Waals surface area contributed by atoms with E-state index in [1.54, 1.807) is 24.7 Å². The zero-order valence-electron chi connectivity index (χ0n) is 15.0. The van der Waals surface area contributed by atoms with E-state index in [1.807, 2.05) is 22.8 Å². The van der Waals surface area contributed by atoms with Gasteiger partial charge in [-0.25, -0.2) is 4.98 Å². The predicted octanol–water partition coefficient (Wildman–Crippen LogP) is 2.33. The molecule has 7 nitrogen and oxygen atoms in total. The largest absolute Gasteiger partial charge is 0.355 e. The van der Waals surface area contributed by atoms with Crippen LogP contribution in [0.5, 0.6) is 0 Å². The third kappa shape index (κ3) is 4.66. The van der Waals surface area contributed by atoms with Gasteiger partial charge < -0.3 is 15.2 Å². The van der Waals surface area contributed by atoms with Gasteiger partial charge in [0.25, 0.3) is 0 Å². The van der Waals surface area contributed by atoms with Crippen LogP contribution in [-0.4, -0.2) is 39.3 Å². The molecule has 8 heteroatoms. The second kappa shape index (κ2) is 9.10. The van der Waals surface area contributed by atoms with Crippen LogP contribution in [-0.2, 0) is 19.5 Å². The molecule has 2 heterocycles. The lowest BCUT2D eigenvalue weighted by molar-refractivity contribution is 0.632. The highest BCUT2D eigenvalue weighted by molar-refractivity contribution is 7.13. The highest BCUT2D eigenvalue weighted by Crippen LogP contribution is 2.23. The number of hydrogen-bond donors (Lipinski definition) is 2. The van der Waals surface area contributed by atoms with Gasteiger partial charge in [0.15, 0.2) is 5.96 Å². The Bertz CT molecular complexity index is 838. The average Bonchev–Trinajstić information content (AvgIpc) is 3.34. The summed E-state index contributed by atoms with van der Waals surface area (Å²) in [5.41, 5.74) is 2.15. The Kier molecular flexibility index (Phi) is 6.32. The molecular formula is C18H23N7S. The summed E-state index contributed by atoms with van der Waals surface area (Å²) >= 11 is 1.65. The molecule has 0 atom stereocenters. The van der Waals surface area contributed by atoms with Crippen LogP contribution in [0.4, 0.5) is 0 Å². The maximum atomic E-state index is 4.68. The van der Waals surface area contributed by atoms with Gasteiger partial charge >= 0.3 is 0 Å². The fourth-order valence-electron chi connectivity index (χ4n) is 2.53. The zero-order valence-corrected chi connectivity index (χ0v) is 15.8. The Morgan fingerprint density at radius 1 is 1.23 bits per heavy atom. The van der Waals surface area contributed by atoms with Crippen molar-refractivity contribution in [3.05, 3.63) is 53.6 Å². The van der Waals surface area contributed by atoms with Gasteiger partial charge in [-0.05, 0) is 0 Å². The van der Waals surface area contributed by atoms with Gasteiger partial charge in [0.2, 0.25) is 0 Å². The first kappa shape index (κ1) is 18.1. The molecule has 0 unspecified atom stereocenters. The molecule has 0 saturated carbocycles. The monoisotopic (exact) mass is 369 g/mol. The Morgan fingerprint density at radius 2 is 2.08 bits per heavy atom. The van der Waals surface area contributed by atoms with Gasteiger partial charge in [-0.2, -0.15) is 0 Å². The number of nitrogens with zero attached hydrogens (tertiary/aromatic N) is 5. The van der Waals surface area contributed by atoms with E-state index in [1.165, 1.54) is 0 Å². The molecule has 0 bridgehead atoms. The van der Waals surface area contributed by atoms with Crippen molar-refractivity contribution in [3.8, 4) is 10.6 Å². The minimum Gasteiger partial charge on any atom is -0.355 e. The molecule has 3 rings (SSSR count). The van der Waals surface area contributed by atoms with Crippen molar-refractivity contribution in [2.45, 2.75) is 26.4 Å². The Labute approximate surface area is 157 Å². The summed E-state index contributed by atoms with van der Waals surface area (Å²) in [5.74, 6) is 1.75. The third-order valence-electron chi connectivity index (χ3n) is 3.89. The van der Waals surface area contributed by atoms with E-state index in [4.69, 9.17) is 0 Å². The van der Waals surface area contributed by atoms with Crippen LogP contribution in [0.15, 0.2) is 47.0 Å². The van der Waals surface area contributed by atoms with Crippen LogP contribution in [0.2, 0.25) is 0 Å². The van der Waals surface area contributed by atoms with E-state index in [0.717, 1.165) is 47.6 Å². The fraction of sp³-hybridized carbons (Fsp3) is 0.333. The molecule has 0 saturated heterocycles. The number of nitrogens with one attached hydrogen (secondary N) is 2. The van der Waals surface area contributed by atoms with Crippen molar-refractivity contribution in [2.24, 2.45) is 4.99 Å². The average molecular weight is 369 g/mol. The normalized spacial score (nSPS) is 11.5. The quantitative estimate of drug-likeness (QED) is 0.494. The number of thiazole rings is 1. The van der Waals surface area contributed by atoms with Crippen LogP contribution in [0.1, 0.15) is 18.4 Å². The smallest absolute Gasteiger partial charge is 0.191 e. The molecule has 1 aromatic carbocycles. The Hall–Kier alpha value is -2.74. The summed E-state index contributed by atoms with van der Waals surface area (Å²) in [7, 11) is 1.77. The number of rotatable bonds is 7. The van der Waals surface area contributed by atoms with Crippen LogP contribution in [0.25, 0.3) is 10.6 Å². The summed E-state index contributed by atoms with van der Waals surface area (Å²) in [5, 5.41) is 17.8. The minimum atomic E-state index is 0.635. The van der Waals surface area contributed by atoms with E-state index < -0.39 is 0 Å². The number of guanidine groups is 1. The lowest BCUT2D eigenvalue weighted by Crippen LogP contribution is -2.38. The van der Waals surface area contributed by atoms with Crippen molar-refractivity contribution < 1.29 is 0 Å². The molecule has 0 amide bonds. The Morgan fingerprint density at radius 3 is 2.85 bits per heavy atom. The Balaban J connectivity index is 1.48. The summed E-state index contributed by atoms with van der Waals surface area (Å²) in [6.07, 6.45) is 2.64. The SMILES string of the molecule is CCc1nncn1CCNC(=NC)NCc1csc(-c2ccccc2)n1. The molecule has 0 aliphatic heterocycles. The molecule has 0 spiro atoms. The molecular weight excluding hydrogens is 346 g/mol. The first-order valence-corrected chi connectivity index (χ1v) is 9.49. The number of aromatic nitrogens is 4. The molecule has 0 radical (unpaired) electrons. The maximum absolute atomic E-state index is 4.68. The van der Waals surface area contributed by atoms with Gasteiger partial charge in [0, 0.05) is 37.5 Å². The summed E-state index contributed by atoms with van der Waals surface area (Å²) in [6.45, 7) is 4.25. The summed E-state index contributed by atoms with van der Waals surface area (Å²) in [6, 6.07) is 10.2. The molecule has 2 N–H and O–H groups in total. The van der Waals surface area contributed by atoms with E-state index in [2.05, 4.69) is 55.2 Å². The fourth-order valence-corrected chi connectivity index (χ4v) is 3.36. The lowest BCUT2D eigenvalue weighted by atomic mass is 10.2. The molecule has 0 fully saturated rings. The number of aliphatic imine (C=N–C) groups is 1. The summed E-state index contributed by atoms with van der Waals surface area (Å²) in [4.78, 5) is 8.94. The summed E-state index contributed by atoms with van der Waals surface area (Å²) < 4.78 is 2.05. The highest BCUT2D eigenvalue weighted by atomic mass is 32.1. The molecule has 136 valence electrons. The van der Waals surface area contributed by atoms with Crippen molar-refractivity contribution >= 4 is 17.3 Å². The van der Waals surface area contributed by atoms with E-state index in [9.17, 15) is 0 Å². The molecule has 26 heavy (non-hydrogen) atoms.